The lowest BCUT2D eigenvalue weighted by Gasteiger charge is -2.12. The van der Waals surface area contributed by atoms with E-state index in [1.54, 1.807) is 6.08 Å². The molecule has 0 bridgehead atoms. The van der Waals surface area contributed by atoms with Crippen molar-refractivity contribution in [3.8, 4) is 5.75 Å². The minimum atomic E-state index is -1.01. The molecule has 0 aliphatic rings. The number of hydrogen-bond donors (Lipinski definition) is 2. The van der Waals surface area contributed by atoms with Crippen LogP contribution >= 0.6 is 0 Å². The smallest absolute Gasteiger partial charge is 0.331 e. The summed E-state index contributed by atoms with van der Waals surface area (Å²) in [6, 6.07) is 7.25. The van der Waals surface area contributed by atoms with E-state index in [4.69, 9.17) is 9.47 Å². The van der Waals surface area contributed by atoms with Crippen molar-refractivity contribution in [3.63, 3.8) is 0 Å². The van der Waals surface area contributed by atoms with E-state index in [9.17, 15) is 9.59 Å². The minimum absolute atomic E-state index is 0.264. The molecule has 9 heteroatoms. The molecule has 2 aromatic heterocycles. The van der Waals surface area contributed by atoms with E-state index < -0.39 is 18.0 Å². The number of ether oxygens (including phenoxy) is 2. The number of fused-ring (bicyclic) bond motifs is 1. The van der Waals surface area contributed by atoms with Crippen LogP contribution in [0.4, 0.5) is 5.82 Å². The van der Waals surface area contributed by atoms with Crippen LogP contribution < -0.4 is 10.1 Å². The van der Waals surface area contributed by atoms with Crippen molar-refractivity contribution in [1.82, 2.24) is 19.9 Å². The van der Waals surface area contributed by atoms with Gasteiger partial charge < -0.3 is 19.8 Å². The zero-order chi connectivity index (χ0) is 19.9. The molecule has 0 saturated heterocycles. The van der Waals surface area contributed by atoms with E-state index in [2.05, 4.69) is 25.3 Å². The second kappa shape index (κ2) is 8.76. The Hall–Kier alpha value is -3.75. The summed E-state index contributed by atoms with van der Waals surface area (Å²) in [5, 5.41) is 2.59. The van der Waals surface area contributed by atoms with E-state index in [1.807, 2.05) is 31.2 Å². The summed E-state index contributed by atoms with van der Waals surface area (Å²) in [5.41, 5.74) is 1.72. The Labute approximate surface area is 160 Å². The zero-order valence-corrected chi connectivity index (χ0v) is 15.4. The van der Waals surface area contributed by atoms with Crippen LogP contribution in [0.3, 0.4) is 0 Å². The van der Waals surface area contributed by atoms with Crippen molar-refractivity contribution in [3.05, 3.63) is 48.6 Å². The number of aromatic nitrogens is 4. The van der Waals surface area contributed by atoms with Gasteiger partial charge in [-0.2, -0.15) is 0 Å². The van der Waals surface area contributed by atoms with Crippen molar-refractivity contribution in [2.75, 3.05) is 11.9 Å². The molecule has 1 unspecified atom stereocenters. The lowest BCUT2D eigenvalue weighted by atomic mass is 10.2. The summed E-state index contributed by atoms with van der Waals surface area (Å²) in [6.45, 7) is 3.97. The van der Waals surface area contributed by atoms with Gasteiger partial charge in [-0.3, -0.25) is 4.79 Å². The SMILES string of the molecule is CCOc1ccc(/C=C/C(=O)OC(C)C(=O)Nc2ncnc3nc[nH]c23)cc1. The Morgan fingerprint density at radius 2 is 2.00 bits per heavy atom. The van der Waals surface area contributed by atoms with Crippen LogP contribution in [0.15, 0.2) is 43.0 Å². The summed E-state index contributed by atoms with van der Waals surface area (Å²) in [6.07, 6.45) is 4.59. The van der Waals surface area contributed by atoms with Crippen LogP contribution in [-0.2, 0) is 14.3 Å². The summed E-state index contributed by atoms with van der Waals surface area (Å²) < 4.78 is 10.5. The molecule has 0 radical (unpaired) electrons. The molecular weight excluding hydrogens is 362 g/mol. The molecule has 2 N–H and O–H groups in total. The predicted octanol–water partition coefficient (Wildman–Crippen LogP) is 2.34. The fraction of sp³-hybridized carbons (Fsp3) is 0.211. The molecule has 0 fully saturated rings. The summed E-state index contributed by atoms with van der Waals surface area (Å²) in [5.74, 6) is -0.132. The molecule has 3 rings (SSSR count). The second-order valence-corrected chi connectivity index (χ2v) is 5.73. The highest BCUT2D eigenvalue weighted by molar-refractivity contribution is 6.00. The summed E-state index contributed by atoms with van der Waals surface area (Å²) in [7, 11) is 0. The largest absolute Gasteiger partial charge is 0.494 e. The zero-order valence-electron chi connectivity index (χ0n) is 15.4. The fourth-order valence-corrected chi connectivity index (χ4v) is 2.35. The lowest BCUT2D eigenvalue weighted by Crippen LogP contribution is -2.29. The molecule has 9 nitrogen and oxygen atoms in total. The number of carbonyl (C=O) groups is 2. The van der Waals surface area contributed by atoms with Gasteiger partial charge in [0, 0.05) is 6.08 Å². The minimum Gasteiger partial charge on any atom is -0.494 e. The van der Waals surface area contributed by atoms with Gasteiger partial charge in [0.25, 0.3) is 5.91 Å². The van der Waals surface area contributed by atoms with Gasteiger partial charge in [0.15, 0.2) is 17.6 Å². The average Bonchev–Trinajstić information content (AvgIpc) is 3.17. The standard InChI is InChI=1S/C19H19N5O4/c1-3-27-14-7-4-13(5-8-14)6-9-15(25)28-12(2)19(26)24-18-16-17(21-10-20-16)22-11-23-18/h4-12H,3H2,1-2H3,(H2,20,21,22,23,24,26)/b9-6+. The van der Waals surface area contributed by atoms with Crippen LogP contribution in [0.1, 0.15) is 19.4 Å². The predicted molar refractivity (Wildman–Crippen MR) is 103 cm³/mol. The molecule has 0 spiro atoms. The van der Waals surface area contributed by atoms with Gasteiger partial charge >= 0.3 is 5.97 Å². The number of carbonyl (C=O) groups excluding carboxylic acids is 2. The van der Waals surface area contributed by atoms with E-state index in [-0.39, 0.29) is 5.82 Å². The molecular formula is C19H19N5O4. The number of benzene rings is 1. The Bertz CT molecular complexity index is 997. The highest BCUT2D eigenvalue weighted by atomic mass is 16.5. The topological polar surface area (TPSA) is 119 Å². The maximum absolute atomic E-state index is 12.3. The van der Waals surface area contributed by atoms with Crippen LogP contribution in [0, 0.1) is 0 Å². The van der Waals surface area contributed by atoms with Crippen LogP contribution in [0.5, 0.6) is 5.75 Å². The molecule has 0 aliphatic carbocycles. The molecule has 2 heterocycles. The molecule has 144 valence electrons. The Balaban J connectivity index is 1.55. The van der Waals surface area contributed by atoms with Crippen molar-refractivity contribution in [1.29, 1.82) is 0 Å². The number of amides is 1. The van der Waals surface area contributed by atoms with Crippen LogP contribution in [0.25, 0.3) is 17.2 Å². The highest BCUT2D eigenvalue weighted by Crippen LogP contribution is 2.15. The summed E-state index contributed by atoms with van der Waals surface area (Å²) >= 11 is 0. The fourth-order valence-electron chi connectivity index (χ4n) is 2.35. The maximum atomic E-state index is 12.3. The van der Waals surface area contributed by atoms with Crippen molar-refractivity contribution in [2.24, 2.45) is 0 Å². The molecule has 0 aliphatic heterocycles. The monoisotopic (exact) mass is 381 g/mol. The number of nitrogens with zero attached hydrogens (tertiary/aromatic N) is 3. The van der Waals surface area contributed by atoms with Crippen molar-refractivity contribution >= 4 is 34.9 Å². The number of hydrogen-bond acceptors (Lipinski definition) is 7. The number of aromatic amines is 1. The highest BCUT2D eigenvalue weighted by Gasteiger charge is 2.18. The van der Waals surface area contributed by atoms with Gasteiger partial charge in [-0.15, -0.1) is 0 Å². The van der Waals surface area contributed by atoms with E-state index >= 15 is 0 Å². The maximum Gasteiger partial charge on any atom is 0.331 e. The van der Waals surface area contributed by atoms with E-state index in [0.29, 0.717) is 17.8 Å². The average molecular weight is 381 g/mol. The quantitative estimate of drug-likeness (QED) is 0.476. The molecule has 1 atom stereocenters. The Kier molecular flexibility index (Phi) is 5.95. The first kappa shape index (κ1) is 19.0. The van der Waals surface area contributed by atoms with Crippen molar-refractivity contribution in [2.45, 2.75) is 20.0 Å². The number of H-pyrrole nitrogens is 1. The van der Waals surface area contributed by atoms with Gasteiger partial charge in [-0.05, 0) is 37.6 Å². The van der Waals surface area contributed by atoms with Gasteiger partial charge in [-0.1, -0.05) is 12.1 Å². The second-order valence-electron chi connectivity index (χ2n) is 5.73. The number of esters is 1. The lowest BCUT2D eigenvalue weighted by molar-refractivity contribution is -0.148. The first-order valence-corrected chi connectivity index (χ1v) is 8.63. The number of imidazole rings is 1. The Morgan fingerprint density at radius 3 is 2.75 bits per heavy atom. The summed E-state index contributed by atoms with van der Waals surface area (Å²) in [4.78, 5) is 39.0. The third-order valence-corrected chi connectivity index (χ3v) is 3.73. The molecule has 1 amide bonds. The molecule has 0 saturated carbocycles. The number of rotatable bonds is 7. The number of nitrogens with one attached hydrogen (secondary N) is 2. The number of anilines is 1. The van der Waals surface area contributed by atoms with Gasteiger partial charge in [0.2, 0.25) is 0 Å². The third kappa shape index (κ3) is 4.70. The molecule has 1 aromatic carbocycles. The van der Waals surface area contributed by atoms with Crippen molar-refractivity contribution < 1.29 is 19.1 Å². The van der Waals surface area contributed by atoms with Crippen LogP contribution in [0.2, 0.25) is 0 Å². The van der Waals surface area contributed by atoms with Gasteiger partial charge in [-0.25, -0.2) is 19.7 Å². The Morgan fingerprint density at radius 1 is 1.21 bits per heavy atom. The first-order valence-electron chi connectivity index (χ1n) is 8.63. The first-order chi connectivity index (χ1) is 13.6. The van der Waals surface area contributed by atoms with E-state index in [0.717, 1.165) is 11.3 Å². The van der Waals surface area contributed by atoms with Gasteiger partial charge in [0.05, 0.1) is 12.9 Å². The normalized spacial score (nSPS) is 12.1. The van der Waals surface area contributed by atoms with Gasteiger partial charge in [0.1, 0.15) is 17.6 Å². The van der Waals surface area contributed by atoms with E-state index in [1.165, 1.54) is 25.7 Å². The third-order valence-electron chi connectivity index (χ3n) is 3.73. The molecule has 28 heavy (non-hydrogen) atoms. The molecule has 3 aromatic rings. The van der Waals surface area contributed by atoms with Crippen LogP contribution in [-0.4, -0.2) is 44.5 Å².